The van der Waals surface area contributed by atoms with Crippen LogP contribution in [0.3, 0.4) is 0 Å². The molecule has 2 amide bonds. The van der Waals surface area contributed by atoms with Gasteiger partial charge >= 0.3 is 6.03 Å². The first-order valence-electron chi connectivity index (χ1n) is 9.86. The van der Waals surface area contributed by atoms with E-state index in [1.165, 1.54) is 0 Å². The maximum atomic E-state index is 12.3. The fourth-order valence-corrected chi connectivity index (χ4v) is 3.12. The molecule has 11 nitrogen and oxygen atoms in total. The van der Waals surface area contributed by atoms with Crippen LogP contribution in [0.5, 0.6) is 5.75 Å². The molecular formula is C20H23N9O2. The number of methoxy groups -OCH3 is 1. The molecule has 0 radical (unpaired) electrons. The van der Waals surface area contributed by atoms with Crippen molar-refractivity contribution in [3.8, 4) is 5.75 Å². The Kier molecular flexibility index (Phi) is 5.92. The number of nitrogens with one attached hydrogen (secondary N) is 3. The monoisotopic (exact) mass is 421 g/mol. The second-order valence-electron chi connectivity index (χ2n) is 6.70. The zero-order valence-electron chi connectivity index (χ0n) is 17.2. The number of hydrogen-bond donors (Lipinski definition) is 3. The van der Waals surface area contributed by atoms with E-state index in [-0.39, 0.29) is 5.95 Å². The maximum Gasteiger partial charge on any atom is 0.339 e. The third-order valence-corrected chi connectivity index (χ3v) is 4.70. The van der Waals surface area contributed by atoms with Gasteiger partial charge in [-0.1, -0.05) is 30.3 Å². The van der Waals surface area contributed by atoms with Crippen LogP contribution < -0.4 is 20.9 Å². The van der Waals surface area contributed by atoms with Gasteiger partial charge in [0.2, 0.25) is 0 Å². The number of aromatic nitrogens is 6. The second-order valence-corrected chi connectivity index (χ2v) is 6.70. The highest BCUT2D eigenvalue weighted by Crippen LogP contribution is 2.15. The fourth-order valence-electron chi connectivity index (χ4n) is 3.12. The molecule has 0 spiro atoms. The normalized spacial score (nSPS) is 10.8. The van der Waals surface area contributed by atoms with Crippen LogP contribution in [0, 0.1) is 0 Å². The van der Waals surface area contributed by atoms with Gasteiger partial charge in [-0.05, 0) is 42.7 Å². The van der Waals surface area contributed by atoms with Crippen LogP contribution in [0.25, 0.3) is 5.65 Å². The van der Waals surface area contributed by atoms with E-state index in [0.717, 1.165) is 23.4 Å². The average molecular weight is 421 g/mol. The molecule has 160 valence electrons. The number of hydrazine groups is 1. The van der Waals surface area contributed by atoms with Gasteiger partial charge in [-0.15, -0.1) is 10.2 Å². The van der Waals surface area contributed by atoms with E-state index in [1.54, 1.807) is 22.5 Å². The maximum absolute atomic E-state index is 12.3. The average Bonchev–Trinajstić information content (AvgIpc) is 3.39. The van der Waals surface area contributed by atoms with Crippen molar-refractivity contribution in [1.29, 1.82) is 0 Å². The lowest BCUT2D eigenvalue weighted by molar-refractivity contribution is 0.253. The minimum Gasteiger partial charge on any atom is -0.497 e. The van der Waals surface area contributed by atoms with Crippen molar-refractivity contribution in [2.24, 2.45) is 0 Å². The van der Waals surface area contributed by atoms with Gasteiger partial charge < -0.3 is 4.74 Å². The van der Waals surface area contributed by atoms with Crippen LogP contribution in [-0.4, -0.2) is 42.7 Å². The summed E-state index contributed by atoms with van der Waals surface area (Å²) in [5.74, 6) is 1.52. The SMILES string of the molecule is CCc1c(NC(=O)NNc2nc3ccccn3n2)nnn1CCc1ccc(OC)cc1. The highest BCUT2D eigenvalue weighted by Gasteiger charge is 2.14. The molecule has 0 saturated carbocycles. The number of rotatable bonds is 8. The fraction of sp³-hybridized carbons (Fsp3) is 0.250. The second kappa shape index (κ2) is 9.11. The van der Waals surface area contributed by atoms with Crippen molar-refractivity contribution >= 4 is 23.4 Å². The largest absolute Gasteiger partial charge is 0.497 e. The van der Waals surface area contributed by atoms with Gasteiger partial charge in [-0.2, -0.15) is 4.98 Å². The zero-order valence-corrected chi connectivity index (χ0v) is 17.2. The Bertz CT molecular complexity index is 1130. The first-order chi connectivity index (χ1) is 15.2. The molecule has 0 atom stereocenters. The highest BCUT2D eigenvalue weighted by molar-refractivity contribution is 5.89. The number of carbonyl (C=O) groups is 1. The summed E-state index contributed by atoms with van der Waals surface area (Å²) in [6.07, 6.45) is 3.23. The minimum absolute atomic E-state index is 0.278. The van der Waals surface area contributed by atoms with Gasteiger partial charge in [-0.25, -0.2) is 19.4 Å². The van der Waals surface area contributed by atoms with Gasteiger partial charge in [0, 0.05) is 12.7 Å². The first-order valence-corrected chi connectivity index (χ1v) is 9.86. The number of aryl methyl sites for hydroxylation is 2. The molecule has 1 aromatic carbocycles. The molecule has 11 heteroatoms. The first kappa shape index (κ1) is 20.1. The Morgan fingerprint density at radius 1 is 1.16 bits per heavy atom. The Hall–Kier alpha value is -4.15. The number of benzene rings is 1. The van der Waals surface area contributed by atoms with Crippen molar-refractivity contribution < 1.29 is 9.53 Å². The predicted octanol–water partition coefficient (Wildman–Crippen LogP) is 2.28. The van der Waals surface area contributed by atoms with E-state index >= 15 is 0 Å². The van der Waals surface area contributed by atoms with Crippen molar-refractivity contribution in [2.45, 2.75) is 26.3 Å². The molecule has 0 fully saturated rings. The topological polar surface area (TPSA) is 123 Å². The number of pyridine rings is 1. The highest BCUT2D eigenvalue weighted by atomic mass is 16.5. The Morgan fingerprint density at radius 2 is 2.00 bits per heavy atom. The number of amides is 2. The number of carbonyl (C=O) groups excluding carboxylic acids is 1. The molecule has 0 aliphatic heterocycles. The van der Waals surface area contributed by atoms with Crippen LogP contribution >= 0.6 is 0 Å². The molecule has 3 heterocycles. The Labute approximate surface area is 178 Å². The lowest BCUT2D eigenvalue weighted by atomic mass is 10.1. The summed E-state index contributed by atoms with van der Waals surface area (Å²) < 4.78 is 8.59. The molecule has 0 aliphatic rings. The summed E-state index contributed by atoms with van der Waals surface area (Å²) >= 11 is 0. The van der Waals surface area contributed by atoms with Crippen LogP contribution in [0.1, 0.15) is 18.2 Å². The molecule has 0 unspecified atom stereocenters. The van der Waals surface area contributed by atoms with Gasteiger partial charge in [0.25, 0.3) is 5.95 Å². The molecule has 0 saturated heterocycles. The summed E-state index contributed by atoms with van der Waals surface area (Å²) in [7, 11) is 1.64. The summed E-state index contributed by atoms with van der Waals surface area (Å²) in [4.78, 5) is 16.5. The van der Waals surface area contributed by atoms with E-state index in [9.17, 15) is 4.79 Å². The summed E-state index contributed by atoms with van der Waals surface area (Å²) in [6.45, 7) is 2.64. The van der Waals surface area contributed by atoms with Crippen molar-refractivity contribution in [3.63, 3.8) is 0 Å². The molecular weight excluding hydrogens is 398 g/mol. The predicted molar refractivity (Wildman–Crippen MR) is 115 cm³/mol. The zero-order chi connectivity index (χ0) is 21.6. The van der Waals surface area contributed by atoms with Crippen molar-refractivity contribution in [1.82, 2.24) is 35.0 Å². The molecule has 3 aromatic heterocycles. The van der Waals surface area contributed by atoms with Gasteiger partial charge in [0.1, 0.15) is 5.75 Å². The smallest absolute Gasteiger partial charge is 0.339 e. The number of anilines is 2. The molecule has 0 aliphatic carbocycles. The molecule has 4 rings (SSSR count). The van der Waals surface area contributed by atoms with E-state index in [4.69, 9.17) is 4.74 Å². The Morgan fingerprint density at radius 3 is 2.74 bits per heavy atom. The molecule has 31 heavy (non-hydrogen) atoms. The third-order valence-electron chi connectivity index (χ3n) is 4.70. The van der Waals surface area contributed by atoms with E-state index in [2.05, 4.69) is 36.6 Å². The number of hydrogen-bond acceptors (Lipinski definition) is 7. The third kappa shape index (κ3) is 4.71. The number of ether oxygens (including phenoxy) is 1. The van der Waals surface area contributed by atoms with E-state index in [1.807, 2.05) is 49.4 Å². The van der Waals surface area contributed by atoms with Crippen LogP contribution in [0.15, 0.2) is 48.7 Å². The molecule has 0 bridgehead atoms. The minimum atomic E-state index is -0.490. The van der Waals surface area contributed by atoms with E-state index < -0.39 is 6.03 Å². The van der Waals surface area contributed by atoms with Crippen LogP contribution in [-0.2, 0) is 19.4 Å². The molecule has 3 N–H and O–H groups in total. The van der Waals surface area contributed by atoms with Gasteiger partial charge in [0.15, 0.2) is 11.5 Å². The van der Waals surface area contributed by atoms with Crippen LogP contribution in [0.2, 0.25) is 0 Å². The standard InChI is InChI=1S/C20H23N9O2/c1-3-16-18(23-27-28(16)13-11-14-7-9-15(31-2)10-8-14)22-20(30)25-24-19-21-17-6-4-5-12-29(17)26-19/h4-10,12H,3,11,13H2,1-2H3,(H,24,26)(H2,22,25,30). The van der Waals surface area contributed by atoms with Crippen molar-refractivity contribution in [3.05, 3.63) is 59.9 Å². The van der Waals surface area contributed by atoms with Gasteiger partial charge in [0.05, 0.1) is 12.8 Å². The lowest BCUT2D eigenvalue weighted by Crippen LogP contribution is -2.34. The molecule has 4 aromatic rings. The quantitative estimate of drug-likeness (QED) is 0.373. The number of fused-ring (bicyclic) bond motifs is 1. The Balaban J connectivity index is 1.34. The number of nitrogens with zero attached hydrogens (tertiary/aromatic N) is 6. The summed E-state index contributed by atoms with van der Waals surface area (Å²) in [5.41, 5.74) is 7.87. The van der Waals surface area contributed by atoms with Crippen LogP contribution in [0.4, 0.5) is 16.6 Å². The van der Waals surface area contributed by atoms with E-state index in [0.29, 0.717) is 24.4 Å². The van der Waals surface area contributed by atoms with Gasteiger partial charge in [-0.3, -0.25) is 10.7 Å². The van der Waals surface area contributed by atoms with Crippen molar-refractivity contribution in [2.75, 3.05) is 17.9 Å². The lowest BCUT2D eigenvalue weighted by Gasteiger charge is -2.08. The number of urea groups is 1. The summed E-state index contributed by atoms with van der Waals surface area (Å²) in [5, 5.41) is 15.2. The summed E-state index contributed by atoms with van der Waals surface area (Å²) in [6, 6.07) is 12.9.